The second kappa shape index (κ2) is 6.06. The Kier molecular flexibility index (Phi) is 4.73. The number of carbonyl (C=O) groups excluding carboxylic acids is 2. The van der Waals surface area contributed by atoms with Gasteiger partial charge in [-0.1, -0.05) is 0 Å². The molecule has 1 amide bonds. The number of ether oxygens (including phenoxy) is 1. The van der Waals surface area contributed by atoms with Crippen LogP contribution in [0.3, 0.4) is 0 Å². The van der Waals surface area contributed by atoms with Gasteiger partial charge >= 0.3 is 11.9 Å². The van der Waals surface area contributed by atoms with E-state index < -0.39 is 17.8 Å². The highest BCUT2D eigenvalue weighted by Crippen LogP contribution is 2.16. The predicted molar refractivity (Wildman–Crippen MR) is 67.2 cm³/mol. The zero-order valence-electron chi connectivity index (χ0n) is 9.47. The number of anilines is 1. The molecule has 2 N–H and O–H groups in total. The number of benzene rings is 1. The number of methoxy groups -OCH3 is 1. The molecule has 1 aromatic carbocycles. The van der Waals surface area contributed by atoms with Crippen molar-refractivity contribution >= 4 is 36.2 Å². The highest BCUT2D eigenvalue weighted by atomic mass is 32.1. The Morgan fingerprint density at radius 1 is 1.28 bits per heavy atom. The summed E-state index contributed by atoms with van der Waals surface area (Å²) < 4.78 is 4.50. The van der Waals surface area contributed by atoms with Crippen LogP contribution in [0.15, 0.2) is 18.2 Å². The summed E-state index contributed by atoms with van der Waals surface area (Å²) in [5.74, 6) is -2.34. The lowest BCUT2D eigenvalue weighted by Crippen LogP contribution is -2.14. The van der Waals surface area contributed by atoms with Crippen LogP contribution in [-0.2, 0) is 9.53 Å². The van der Waals surface area contributed by atoms with E-state index in [0.29, 0.717) is 0 Å². The van der Waals surface area contributed by atoms with Gasteiger partial charge in [0.05, 0.1) is 24.0 Å². The van der Waals surface area contributed by atoms with Crippen LogP contribution < -0.4 is 5.32 Å². The molecule has 0 fully saturated rings. The molecular weight excluding hydrogens is 258 g/mol. The lowest BCUT2D eigenvalue weighted by molar-refractivity contribution is -0.113. The average molecular weight is 269 g/mol. The summed E-state index contributed by atoms with van der Waals surface area (Å²) in [6.45, 7) is 0. The number of aromatic carboxylic acids is 1. The van der Waals surface area contributed by atoms with Gasteiger partial charge in [0.15, 0.2) is 0 Å². The van der Waals surface area contributed by atoms with Gasteiger partial charge in [-0.15, -0.1) is 0 Å². The number of carboxylic acid groups (broad SMARTS) is 1. The van der Waals surface area contributed by atoms with E-state index in [0.717, 1.165) is 0 Å². The van der Waals surface area contributed by atoms with Crippen molar-refractivity contribution in [3.63, 3.8) is 0 Å². The molecule has 0 saturated carbocycles. The van der Waals surface area contributed by atoms with Crippen LogP contribution in [0, 0.1) is 0 Å². The van der Waals surface area contributed by atoms with Crippen LogP contribution in [0.25, 0.3) is 0 Å². The number of hydrogen-bond acceptors (Lipinski definition) is 5. The summed E-state index contributed by atoms with van der Waals surface area (Å²) >= 11 is 3.78. The fourth-order valence-corrected chi connectivity index (χ4v) is 1.34. The minimum atomic E-state index is -1.21. The molecule has 0 aliphatic heterocycles. The van der Waals surface area contributed by atoms with E-state index in [1.807, 2.05) is 0 Å². The smallest absolute Gasteiger partial charge is 0.337 e. The maximum atomic E-state index is 11.4. The minimum absolute atomic E-state index is 0.0480. The van der Waals surface area contributed by atoms with Crippen molar-refractivity contribution in [3.05, 3.63) is 29.3 Å². The number of thiol groups is 1. The monoisotopic (exact) mass is 269 g/mol. The SMILES string of the molecule is COC(=O)c1cc(NC(=O)CS)cc(C(=O)O)c1. The zero-order valence-corrected chi connectivity index (χ0v) is 10.4. The zero-order chi connectivity index (χ0) is 13.7. The first kappa shape index (κ1) is 14.0. The maximum Gasteiger partial charge on any atom is 0.337 e. The van der Waals surface area contributed by atoms with Crippen molar-refractivity contribution in [2.24, 2.45) is 0 Å². The first-order chi connectivity index (χ1) is 8.47. The van der Waals surface area contributed by atoms with E-state index >= 15 is 0 Å². The van der Waals surface area contributed by atoms with Gasteiger partial charge in [0.2, 0.25) is 5.91 Å². The number of esters is 1. The molecule has 0 atom stereocenters. The van der Waals surface area contributed by atoms with Crippen molar-refractivity contribution in [3.8, 4) is 0 Å². The van der Waals surface area contributed by atoms with Crippen LogP contribution in [-0.4, -0.2) is 35.8 Å². The third kappa shape index (κ3) is 3.49. The first-order valence-electron chi connectivity index (χ1n) is 4.85. The maximum absolute atomic E-state index is 11.4. The Morgan fingerprint density at radius 3 is 2.39 bits per heavy atom. The summed E-state index contributed by atoms with van der Waals surface area (Å²) in [5, 5.41) is 11.3. The Morgan fingerprint density at radius 2 is 1.89 bits per heavy atom. The van der Waals surface area contributed by atoms with Crippen molar-refractivity contribution in [1.29, 1.82) is 0 Å². The minimum Gasteiger partial charge on any atom is -0.478 e. The topological polar surface area (TPSA) is 92.7 Å². The Balaban J connectivity index is 3.17. The lowest BCUT2D eigenvalue weighted by atomic mass is 10.1. The van der Waals surface area contributed by atoms with Crippen molar-refractivity contribution in [2.45, 2.75) is 0 Å². The van der Waals surface area contributed by atoms with Crippen LogP contribution in [0.4, 0.5) is 5.69 Å². The Labute approximate surface area is 108 Å². The van der Waals surface area contributed by atoms with Crippen LogP contribution >= 0.6 is 12.6 Å². The third-order valence-corrected chi connectivity index (χ3v) is 2.32. The van der Waals surface area contributed by atoms with Crippen molar-refractivity contribution < 1.29 is 24.2 Å². The standard InChI is InChI=1S/C11H11NO5S/c1-17-11(16)7-2-6(10(14)15)3-8(4-7)12-9(13)5-18/h2-4,18H,5H2,1H3,(H,12,13)(H,14,15). The van der Waals surface area contributed by atoms with Crippen LogP contribution in [0.2, 0.25) is 0 Å². The Hall–Kier alpha value is -2.02. The average Bonchev–Trinajstić information content (AvgIpc) is 2.37. The molecule has 0 heterocycles. The van der Waals surface area contributed by atoms with Gasteiger partial charge in [0.25, 0.3) is 0 Å². The van der Waals surface area contributed by atoms with Gasteiger partial charge in [-0.05, 0) is 18.2 Å². The number of nitrogens with one attached hydrogen (secondary N) is 1. The number of amides is 1. The van der Waals surface area contributed by atoms with Crippen molar-refractivity contribution in [2.75, 3.05) is 18.2 Å². The molecule has 0 saturated heterocycles. The highest BCUT2D eigenvalue weighted by molar-refractivity contribution is 7.81. The van der Waals surface area contributed by atoms with Crippen molar-refractivity contribution in [1.82, 2.24) is 0 Å². The largest absolute Gasteiger partial charge is 0.478 e. The normalized spacial score (nSPS) is 9.67. The molecule has 0 spiro atoms. The molecule has 0 aromatic heterocycles. The molecule has 7 heteroatoms. The van der Waals surface area contributed by atoms with E-state index in [1.165, 1.54) is 25.3 Å². The first-order valence-corrected chi connectivity index (χ1v) is 5.48. The molecule has 0 bridgehead atoms. The second-order valence-corrected chi connectivity index (χ2v) is 3.62. The number of carbonyl (C=O) groups is 3. The molecular formula is C11H11NO5S. The molecule has 0 aliphatic carbocycles. The van der Waals surface area contributed by atoms with Gasteiger partial charge in [-0.2, -0.15) is 12.6 Å². The molecule has 1 aromatic rings. The number of rotatable bonds is 4. The van der Waals surface area contributed by atoms with E-state index in [9.17, 15) is 14.4 Å². The van der Waals surface area contributed by atoms with Gasteiger partial charge in [0, 0.05) is 5.69 Å². The second-order valence-electron chi connectivity index (χ2n) is 3.30. The van der Waals surface area contributed by atoms with E-state index in [2.05, 4.69) is 22.7 Å². The summed E-state index contributed by atoms with van der Waals surface area (Å²) in [6, 6.07) is 3.75. The fourth-order valence-electron chi connectivity index (χ4n) is 1.26. The number of carboxylic acids is 1. The third-order valence-electron chi connectivity index (χ3n) is 2.03. The van der Waals surface area contributed by atoms with Gasteiger partial charge < -0.3 is 15.2 Å². The van der Waals surface area contributed by atoms with E-state index in [-0.39, 0.29) is 22.6 Å². The predicted octanol–water partition coefficient (Wildman–Crippen LogP) is 1.04. The molecule has 0 unspecified atom stereocenters. The quantitative estimate of drug-likeness (QED) is 0.561. The summed E-state index contributed by atoms with van der Waals surface area (Å²) in [7, 11) is 1.18. The van der Waals surface area contributed by atoms with Gasteiger partial charge in [0.1, 0.15) is 0 Å². The molecule has 1 rings (SSSR count). The van der Waals surface area contributed by atoms with Gasteiger partial charge in [-0.3, -0.25) is 4.79 Å². The Bertz CT molecular complexity index is 500. The molecule has 6 nitrogen and oxygen atoms in total. The van der Waals surface area contributed by atoms with Crippen LogP contribution in [0.1, 0.15) is 20.7 Å². The fraction of sp³-hybridized carbons (Fsp3) is 0.182. The lowest BCUT2D eigenvalue weighted by Gasteiger charge is -2.07. The summed E-state index contributed by atoms with van der Waals surface area (Å²) in [6.07, 6.45) is 0. The van der Waals surface area contributed by atoms with Crippen LogP contribution in [0.5, 0.6) is 0 Å². The summed E-state index contributed by atoms with van der Waals surface area (Å²) in [5.41, 5.74) is 0.133. The molecule has 0 aliphatic rings. The highest BCUT2D eigenvalue weighted by Gasteiger charge is 2.13. The molecule has 0 radical (unpaired) electrons. The molecule has 96 valence electrons. The van der Waals surface area contributed by atoms with Gasteiger partial charge in [-0.25, -0.2) is 9.59 Å². The summed E-state index contributed by atoms with van der Waals surface area (Å²) in [4.78, 5) is 33.4. The van der Waals surface area contributed by atoms with E-state index in [1.54, 1.807) is 0 Å². The van der Waals surface area contributed by atoms with E-state index in [4.69, 9.17) is 5.11 Å². The number of hydrogen-bond donors (Lipinski definition) is 3. The molecule has 18 heavy (non-hydrogen) atoms.